The number of amides is 2. The molecule has 0 rings (SSSR count). The second-order valence-corrected chi connectivity index (χ2v) is 3.49. The highest BCUT2D eigenvalue weighted by Crippen LogP contribution is 1.95. The van der Waals surface area contributed by atoms with E-state index in [1.807, 2.05) is 0 Å². The minimum absolute atomic E-state index is 0.179. The van der Waals surface area contributed by atoms with Crippen LogP contribution in [0, 0.1) is 0 Å². The van der Waals surface area contributed by atoms with Crippen molar-refractivity contribution in [2.75, 3.05) is 34.3 Å². The maximum absolute atomic E-state index is 11.4. The number of hydrogen-bond acceptors (Lipinski definition) is 5. The Labute approximate surface area is 94.1 Å². The van der Waals surface area contributed by atoms with Crippen LogP contribution >= 0.6 is 0 Å². The smallest absolute Gasteiger partial charge is 0.289 e. The lowest BCUT2D eigenvalue weighted by atomic mass is 10.2. The monoisotopic (exact) mass is 231 g/mol. The zero-order valence-electron chi connectivity index (χ0n) is 9.73. The molecule has 0 aromatic heterocycles. The van der Waals surface area contributed by atoms with Gasteiger partial charge in [-0.15, -0.1) is 0 Å². The lowest BCUT2D eigenvalue weighted by Gasteiger charge is -2.16. The lowest BCUT2D eigenvalue weighted by Crippen LogP contribution is -2.36. The minimum atomic E-state index is -0.726. The van der Waals surface area contributed by atoms with Crippen molar-refractivity contribution < 1.29 is 19.2 Å². The van der Waals surface area contributed by atoms with E-state index in [1.54, 1.807) is 0 Å². The number of likely N-dealkylation sites (N-methyl/N-ethyl adjacent to an activating group) is 2. The van der Waals surface area contributed by atoms with Gasteiger partial charge in [-0.05, 0) is 0 Å². The van der Waals surface area contributed by atoms with E-state index in [0.29, 0.717) is 0 Å². The van der Waals surface area contributed by atoms with Gasteiger partial charge in [0.05, 0.1) is 13.0 Å². The van der Waals surface area contributed by atoms with Crippen molar-refractivity contribution in [1.82, 2.24) is 9.80 Å². The minimum Gasteiger partial charge on any atom is -0.343 e. The first-order valence-electron chi connectivity index (χ1n) is 4.70. The van der Waals surface area contributed by atoms with Gasteiger partial charge in [0, 0.05) is 27.7 Å². The maximum atomic E-state index is 11.4. The molecule has 0 aliphatic heterocycles. The Kier molecular flexibility index (Phi) is 6.28. The van der Waals surface area contributed by atoms with Crippen molar-refractivity contribution in [2.45, 2.75) is 6.42 Å². The Morgan fingerprint density at radius 2 is 1.75 bits per heavy atom. The van der Waals surface area contributed by atoms with Crippen LogP contribution in [0.2, 0.25) is 0 Å². The highest BCUT2D eigenvalue weighted by atomic mass is 16.6. The summed E-state index contributed by atoms with van der Waals surface area (Å²) >= 11 is 0. The molecule has 0 fully saturated rings. The molecule has 2 amide bonds. The van der Waals surface area contributed by atoms with Gasteiger partial charge in [-0.3, -0.25) is 14.4 Å². The van der Waals surface area contributed by atoms with Gasteiger partial charge < -0.3 is 14.6 Å². The van der Waals surface area contributed by atoms with Crippen molar-refractivity contribution in [1.29, 1.82) is 0 Å². The Morgan fingerprint density at radius 3 is 2.19 bits per heavy atom. The van der Waals surface area contributed by atoms with Crippen LogP contribution < -0.4 is 5.90 Å². The number of carbonyl (C=O) groups excluding carboxylic acids is 3. The van der Waals surface area contributed by atoms with Crippen molar-refractivity contribution in [2.24, 2.45) is 5.90 Å². The van der Waals surface area contributed by atoms with Crippen LogP contribution in [0.3, 0.4) is 0 Å². The molecule has 2 N–H and O–H groups in total. The summed E-state index contributed by atoms with van der Waals surface area (Å²) in [6.45, 7) is 0.455. The number of nitrogens with zero attached hydrogens (tertiary/aromatic N) is 2. The molecule has 0 aliphatic carbocycles. The molecule has 0 aliphatic rings. The van der Waals surface area contributed by atoms with Crippen molar-refractivity contribution in [3.63, 3.8) is 0 Å². The molecule has 0 radical (unpaired) electrons. The number of Topliss-reactive ketones (excluding diaryl/α,β-unsaturated/α-hetero) is 1. The Balaban J connectivity index is 4.14. The molecule has 0 bridgehead atoms. The predicted octanol–water partition coefficient (Wildman–Crippen LogP) is -1.62. The molecule has 7 heteroatoms. The fourth-order valence-corrected chi connectivity index (χ4v) is 0.912. The van der Waals surface area contributed by atoms with Crippen molar-refractivity contribution in [3.8, 4) is 0 Å². The highest BCUT2D eigenvalue weighted by Gasteiger charge is 2.21. The van der Waals surface area contributed by atoms with Gasteiger partial charge in [-0.1, -0.05) is 0 Å². The van der Waals surface area contributed by atoms with Crippen LogP contribution in [0.25, 0.3) is 0 Å². The molecule has 0 aromatic carbocycles. The van der Waals surface area contributed by atoms with E-state index in [4.69, 9.17) is 5.90 Å². The average molecular weight is 231 g/mol. The molecule has 0 aromatic rings. The second-order valence-electron chi connectivity index (χ2n) is 3.49. The van der Waals surface area contributed by atoms with Crippen LogP contribution in [0.15, 0.2) is 0 Å². The molecule has 92 valence electrons. The van der Waals surface area contributed by atoms with E-state index in [-0.39, 0.29) is 13.2 Å². The first kappa shape index (κ1) is 14.5. The van der Waals surface area contributed by atoms with E-state index in [0.717, 1.165) is 4.90 Å². The quantitative estimate of drug-likeness (QED) is 0.337. The summed E-state index contributed by atoms with van der Waals surface area (Å²) < 4.78 is 0. The molecule has 0 heterocycles. The fourth-order valence-electron chi connectivity index (χ4n) is 0.912. The third-order valence-corrected chi connectivity index (χ3v) is 1.93. The van der Waals surface area contributed by atoms with Gasteiger partial charge in [-0.25, -0.2) is 5.90 Å². The third kappa shape index (κ3) is 4.85. The first-order valence-corrected chi connectivity index (χ1v) is 4.70. The zero-order chi connectivity index (χ0) is 12.7. The molecule has 7 nitrogen and oxygen atoms in total. The van der Waals surface area contributed by atoms with Crippen LogP contribution in [0.4, 0.5) is 0 Å². The fraction of sp³-hybridized carbons (Fsp3) is 0.667. The Morgan fingerprint density at radius 1 is 1.19 bits per heavy atom. The van der Waals surface area contributed by atoms with Crippen LogP contribution in [0.5, 0.6) is 0 Å². The molecule has 0 atom stereocenters. The Hall–Kier alpha value is -1.47. The number of hydrogen-bond donors (Lipinski definition) is 1. The normalized spacial score (nSPS) is 9.75. The number of nitrogens with two attached hydrogens (primary N) is 1. The van der Waals surface area contributed by atoms with Crippen LogP contribution in [-0.2, 0) is 19.2 Å². The summed E-state index contributed by atoms with van der Waals surface area (Å²) in [5, 5.41) is 0. The standard InChI is InChI=1S/C9H17N3O4/c1-11(2)9(15)7(13)6-8(14)12(3)4-5-16-10/h4-6,10H2,1-3H3. The highest BCUT2D eigenvalue weighted by molar-refractivity contribution is 6.39. The summed E-state index contributed by atoms with van der Waals surface area (Å²) in [5.41, 5.74) is 0. The molecular formula is C9H17N3O4. The summed E-state index contributed by atoms with van der Waals surface area (Å²) in [7, 11) is 4.42. The average Bonchev–Trinajstić information content (AvgIpc) is 2.24. The van der Waals surface area contributed by atoms with E-state index in [9.17, 15) is 14.4 Å². The van der Waals surface area contributed by atoms with Gasteiger partial charge in [0.15, 0.2) is 0 Å². The largest absolute Gasteiger partial charge is 0.343 e. The number of ketones is 1. The van der Waals surface area contributed by atoms with Gasteiger partial charge in [-0.2, -0.15) is 0 Å². The van der Waals surface area contributed by atoms with Crippen molar-refractivity contribution >= 4 is 17.6 Å². The lowest BCUT2D eigenvalue weighted by molar-refractivity contribution is -0.146. The summed E-state index contributed by atoms with van der Waals surface area (Å²) in [6, 6.07) is 0. The van der Waals surface area contributed by atoms with Crippen LogP contribution in [0.1, 0.15) is 6.42 Å². The summed E-state index contributed by atoms with van der Waals surface area (Å²) in [5.74, 6) is 2.96. The van der Waals surface area contributed by atoms with Gasteiger partial charge >= 0.3 is 0 Å². The third-order valence-electron chi connectivity index (χ3n) is 1.93. The Bertz CT molecular complexity index is 278. The van der Waals surface area contributed by atoms with E-state index in [2.05, 4.69) is 4.84 Å². The summed E-state index contributed by atoms with van der Waals surface area (Å²) in [4.78, 5) is 40.6. The van der Waals surface area contributed by atoms with E-state index in [1.165, 1.54) is 26.0 Å². The van der Waals surface area contributed by atoms with Gasteiger partial charge in [0.2, 0.25) is 11.7 Å². The van der Waals surface area contributed by atoms with E-state index >= 15 is 0 Å². The summed E-state index contributed by atoms with van der Waals surface area (Å²) in [6.07, 6.45) is -0.432. The van der Waals surface area contributed by atoms with Gasteiger partial charge in [0.25, 0.3) is 5.91 Å². The van der Waals surface area contributed by atoms with Gasteiger partial charge in [0.1, 0.15) is 0 Å². The first-order chi connectivity index (χ1) is 7.40. The molecule has 0 unspecified atom stereocenters. The number of carbonyl (C=O) groups is 3. The molecule has 0 saturated heterocycles. The molecule has 0 spiro atoms. The van der Waals surface area contributed by atoms with E-state index < -0.39 is 24.0 Å². The molecule has 16 heavy (non-hydrogen) atoms. The second kappa shape index (κ2) is 6.91. The molecular weight excluding hydrogens is 214 g/mol. The molecule has 0 saturated carbocycles. The predicted molar refractivity (Wildman–Crippen MR) is 56.1 cm³/mol. The zero-order valence-corrected chi connectivity index (χ0v) is 9.73. The maximum Gasteiger partial charge on any atom is 0.289 e. The van der Waals surface area contributed by atoms with Crippen LogP contribution in [-0.4, -0.2) is 61.7 Å². The number of rotatable bonds is 6. The SMILES string of the molecule is CN(C)C(=O)C(=O)CC(=O)N(C)CCON. The topological polar surface area (TPSA) is 92.9 Å². The van der Waals surface area contributed by atoms with Crippen molar-refractivity contribution in [3.05, 3.63) is 0 Å².